The fourth-order valence-corrected chi connectivity index (χ4v) is 2.08. The molecule has 0 amide bonds. The lowest BCUT2D eigenvalue weighted by Gasteiger charge is -1.97. The smallest absolute Gasteiger partial charge is 0.357 e. The van der Waals surface area contributed by atoms with E-state index in [-0.39, 0.29) is 5.69 Å². The third-order valence-electron chi connectivity index (χ3n) is 2.30. The number of carbonyl (C=O) groups is 1. The number of benzene rings is 1. The Morgan fingerprint density at radius 1 is 1.35 bits per heavy atom. The molecule has 0 atom stereocenters. The van der Waals surface area contributed by atoms with Crippen LogP contribution >= 0.6 is 11.7 Å². The second-order valence-electron chi connectivity index (χ2n) is 3.30. The van der Waals surface area contributed by atoms with Crippen molar-refractivity contribution in [1.82, 2.24) is 13.7 Å². The Balaban J connectivity index is 2.19. The summed E-state index contributed by atoms with van der Waals surface area (Å²) in [7, 11) is 0. The Morgan fingerprint density at radius 2 is 2.24 bits per heavy atom. The first-order valence-electron chi connectivity index (χ1n) is 4.65. The summed E-state index contributed by atoms with van der Waals surface area (Å²) in [5, 5.41) is 8.96. The lowest BCUT2D eigenvalue weighted by atomic mass is 10.1. The van der Waals surface area contributed by atoms with Crippen LogP contribution in [0.15, 0.2) is 29.0 Å². The second kappa shape index (κ2) is 3.63. The number of aromatic carboxylic acids is 1. The molecule has 0 aliphatic heterocycles. The van der Waals surface area contributed by atoms with Crippen LogP contribution in [-0.2, 0) is 0 Å². The van der Waals surface area contributed by atoms with Crippen LogP contribution in [0, 0.1) is 0 Å². The molecule has 2 heterocycles. The molecule has 0 saturated heterocycles. The van der Waals surface area contributed by atoms with Crippen molar-refractivity contribution in [2.75, 3.05) is 0 Å². The number of oxazole rings is 1. The van der Waals surface area contributed by atoms with Crippen LogP contribution in [0.2, 0.25) is 0 Å². The monoisotopic (exact) mass is 247 g/mol. The van der Waals surface area contributed by atoms with Crippen molar-refractivity contribution in [2.45, 2.75) is 0 Å². The number of carboxylic acids is 1. The zero-order valence-electron chi connectivity index (χ0n) is 8.32. The van der Waals surface area contributed by atoms with E-state index in [0.29, 0.717) is 22.4 Å². The number of nitrogens with zero attached hydrogens (tertiary/aromatic N) is 3. The molecular weight excluding hydrogens is 242 g/mol. The number of rotatable bonds is 2. The second-order valence-corrected chi connectivity index (χ2v) is 3.83. The SMILES string of the molecule is O=C(O)c1nsnc1-c1ccc2ncoc2c1. The summed E-state index contributed by atoms with van der Waals surface area (Å²) in [6, 6.07) is 5.19. The molecule has 6 nitrogen and oxygen atoms in total. The largest absolute Gasteiger partial charge is 0.476 e. The molecule has 1 N–H and O–H groups in total. The average Bonchev–Trinajstić information content (AvgIpc) is 2.96. The van der Waals surface area contributed by atoms with Gasteiger partial charge in [0.1, 0.15) is 11.2 Å². The lowest BCUT2D eigenvalue weighted by molar-refractivity contribution is 0.0692. The zero-order chi connectivity index (χ0) is 11.8. The molecule has 7 heteroatoms. The minimum absolute atomic E-state index is 0.0473. The van der Waals surface area contributed by atoms with Crippen molar-refractivity contribution in [3.63, 3.8) is 0 Å². The Hall–Kier alpha value is -2.28. The van der Waals surface area contributed by atoms with E-state index in [9.17, 15) is 4.79 Å². The summed E-state index contributed by atoms with van der Waals surface area (Å²) in [6.45, 7) is 0. The summed E-state index contributed by atoms with van der Waals surface area (Å²) in [5.74, 6) is -1.09. The number of hydrogen-bond donors (Lipinski definition) is 1. The maximum absolute atomic E-state index is 10.9. The lowest BCUT2D eigenvalue weighted by Crippen LogP contribution is -1.98. The van der Waals surface area contributed by atoms with Crippen molar-refractivity contribution >= 4 is 28.8 Å². The third-order valence-corrected chi connectivity index (χ3v) is 2.82. The molecule has 0 radical (unpaired) electrons. The maximum atomic E-state index is 10.9. The topological polar surface area (TPSA) is 89.1 Å². The fourth-order valence-electron chi connectivity index (χ4n) is 1.52. The number of fused-ring (bicyclic) bond motifs is 1. The van der Waals surface area contributed by atoms with Crippen LogP contribution in [-0.4, -0.2) is 24.8 Å². The highest BCUT2D eigenvalue weighted by molar-refractivity contribution is 6.99. The Labute approximate surface area is 98.9 Å². The molecule has 0 bridgehead atoms. The standard InChI is InChI=1S/C10H5N3O3S/c14-10(15)9-8(12-17-13-9)5-1-2-6-7(3-5)16-4-11-6/h1-4H,(H,14,15). The molecule has 0 aliphatic rings. The molecule has 0 spiro atoms. The van der Waals surface area contributed by atoms with Gasteiger partial charge in [-0.05, 0) is 12.1 Å². The Morgan fingerprint density at radius 3 is 3.06 bits per heavy atom. The van der Waals surface area contributed by atoms with E-state index in [1.807, 2.05) is 0 Å². The predicted molar refractivity (Wildman–Crippen MR) is 59.9 cm³/mol. The summed E-state index contributed by atoms with van der Waals surface area (Å²) >= 11 is 0.870. The minimum atomic E-state index is -1.09. The van der Waals surface area contributed by atoms with Crippen molar-refractivity contribution in [3.8, 4) is 11.3 Å². The van der Waals surface area contributed by atoms with E-state index in [1.54, 1.807) is 18.2 Å². The molecule has 84 valence electrons. The van der Waals surface area contributed by atoms with Crippen LogP contribution in [0.1, 0.15) is 10.5 Å². The maximum Gasteiger partial charge on any atom is 0.357 e. The van der Waals surface area contributed by atoms with Crippen molar-refractivity contribution in [1.29, 1.82) is 0 Å². The van der Waals surface area contributed by atoms with E-state index < -0.39 is 5.97 Å². The van der Waals surface area contributed by atoms with Gasteiger partial charge in [0.15, 0.2) is 17.7 Å². The van der Waals surface area contributed by atoms with Gasteiger partial charge in [-0.1, -0.05) is 6.07 Å². The van der Waals surface area contributed by atoms with Crippen LogP contribution in [0.3, 0.4) is 0 Å². The molecule has 0 saturated carbocycles. The van der Waals surface area contributed by atoms with Gasteiger partial charge in [0.05, 0.1) is 11.7 Å². The predicted octanol–water partition coefficient (Wildman–Crippen LogP) is 2.04. The first-order chi connectivity index (χ1) is 8.25. The number of carboxylic acid groups (broad SMARTS) is 1. The third kappa shape index (κ3) is 1.56. The van der Waals surface area contributed by atoms with Crippen LogP contribution < -0.4 is 0 Å². The molecule has 1 aromatic carbocycles. The molecule has 0 unspecified atom stereocenters. The van der Waals surface area contributed by atoms with E-state index in [2.05, 4.69) is 13.7 Å². The Kier molecular flexibility index (Phi) is 2.12. The highest BCUT2D eigenvalue weighted by atomic mass is 32.1. The molecule has 0 aliphatic carbocycles. The average molecular weight is 247 g/mol. The normalized spacial score (nSPS) is 10.8. The van der Waals surface area contributed by atoms with Gasteiger partial charge in [-0.25, -0.2) is 9.78 Å². The van der Waals surface area contributed by atoms with E-state index in [0.717, 1.165) is 11.7 Å². The van der Waals surface area contributed by atoms with Crippen molar-refractivity contribution < 1.29 is 14.3 Å². The summed E-state index contributed by atoms with van der Waals surface area (Å²) in [6.07, 6.45) is 1.34. The van der Waals surface area contributed by atoms with E-state index in [4.69, 9.17) is 9.52 Å². The summed E-state index contributed by atoms with van der Waals surface area (Å²) < 4.78 is 12.9. The molecule has 3 rings (SSSR count). The van der Waals surface area contributed by atoms with Crippen LogP contribution in [0.4, 0.5) is 0 Å². The first kappa shape index (κ1) is 9.91. The number of hydrogen-bond acceptors (Lipinski definition) is 6. The molecule has 17 heavy (non-hydrogen) atoms. The van der Waals surface area contributed by atoms with E-state index in [1.165, 1.54) is 6.39 Å². The molecule has 0 fully saturated rings. The fraction of sp³-hybridized carbons (Fsp3) is 0. The van der Waals surface area contributed by atoms with Gasteiger partial charge >= 0.3 is 5.97 Å². The molecule has 2 aromatic heterocycles. The van der Waals surface area contributed by atoms with Gasteiger partial charge < -0.3 is 9.52 Å². The molecule has 3 aromatic rings. The van der Waals surface area contributed by atoms with Gasteiger partial charge in [0, 0.05) is 5.56 Å². The quantitative estimate of drug-likeness (QED) is 0.745. The summed E-state index contributed by atoms with van der Waals surface area (Å²) in [4.78, 5) is 14.9. The number of aromatic nitrogens is 3. The van der Waals surface area contributed by atoms with Crippen molar-refractivity contribution in [3.05, 3.63) is 30.3 Å². The van der Waals surface area contributed by atoms with Crippen LogP contribution in [0.5, 0.6) is 0 Å². The van der Waals surface area contributed by atoms with Crippen LogP contribution in [0.25, 0.3) is 22.4 Å². The van der Waals surface area contributed by atoms with Gasteiger partial charge in [-0.3, -0.25) is 0 Å². The van der Waals surface area contributed by atoms with Gasteiger partial charge in [0.25, 0.3) is 0 Å². The minimum Gasteiger partial charge on any atom is -0.476 e. The van der Waals surface area contributed by atoms with Crippen molar-refractivity contribution in [2.24, 2.45) is 0 Å². The molecular formula is C10H5N3O3S. The van der Waals surface area contributed by atoms with Gasteiger partial charge in [-0.2, -0.15) is 8.75 Å². The summed E-state index contributed by atoms with van der Waals surface area (Å²) in [5.41, 5.74) is 2.26. The van der Waals surface area contributed by atoms with E-state index >= 15 is 0 Å². The Bertz CT molecular complexity index is 703. The highest BCUT2D eigenvalue weighted by Crippen LogP contribution is 2.25. The highest BCUT2D eigenvalue weighted by Gasteiger charge is 2.17. The van der Waals surface area contributed by atoms with Gasteiger partial charge in [-0.15, -0.1) is 0 Å². The zero-order valence-corrected chi connectivity index (χ0v) is 9.14. The first-order valence-corrected chi connectivity index (χ1v) is 5.38. The van der Waals surface area contributed by atoms with Gasteiger partial charge in [0.2, 0.25) is 0 Å².